The summed E-state index contributed by atoms with van der Waals surface area (Å²) in [4.78, 5) is 12.5. The minimum Gasteiger partial charge on any atom is -0.486 e. The van der Waals surface area contributed by atoms with Crippen LogP contribution in [0, 0.1) is 11.3 Å². The normalized spacial score (nSPS) is 15.2. The number of fused-ring (bicyclic) bond motifs is 1. The lowest BCUT2D eigenvalue weighted by Gasteiger charge is -2.26. The third kappa shape index (κ3) is 12.9. The van der Waals surface area contributed by atoms with E-state index < -0.39 is 38.1 Å². The van der Waals surface area contributed by atoms with Gasteiger partial charge in [-0.2, -0.15) is 9.57 Å². The molecule has 0 heterocycles. The lowest BCUT2D eigenvalue weighted by atomic mass is 9.97. The molecule has 4 rings (SSSR count). The molecule has 3 aromatic carbocycles. The van der Waals surface area contributed by atoms with Crippen molar-refractivity contribution in [1.29, 1.82) is 5.26 Å². The Morgan fingerprint density at radius 2 is 1.48 bits per heavy atom. The van der Waals surface area contributed by atoms with Crippen LogP contribution in [-0.2, 0) is 35.4 Å². The standard InChI is InChI=1S/C39H54N2O8SSi2/c1-45-39(42)25-32(27-50(43,44)41(28-46-21-23-51(2,3)4)29-47-22-24-52(5,6)7)31-13-17-34(18-14-31)49-38-20-19-36-35(38)9-8-10-37(36)48-33-15-11-30(26-40)12-16-33/h8-18,32,38H,19-25,27-29H2,1-7H3/t32?,38-/m1/s1. The molecule has 2 atom stereocenters. The van der Waals surface area contributed by atoms with Gasteiger partial charge in [-0.25, -0.2) is 8.42 Å². The van der Waals surface area contributed by atoms with E-state index in [2.05, 4.69) is 45.4 Å². The molecule has 0 amide bonds. The minimum atomic E-state index is -3.91. The van der Waals surface area contributed by atoms with Crippen molar-refractivity contribution in [3.8, 4) is 23.3 Å². The average molecular weight is 767 g/mol. The van der Waals surface area contributed by atoms with Crippen molar-refractivity contribution in [2.24, 2.45) is 0 Å². The Balaban J connectivity index is 1.47. The fraction of sp³-hybridized carbons (Fsp3) is 0.487. The number of rotatable bonds is 20. The summed E-state index contributed by atoms with van der Waals surface area (Å²) in [5.74, 6) is 0.580. The maximum atomic E-state index is 13.9. The molecule has 1 aliphatic carbocycles. The molecule has 1 aliphatic rings. The van der Waals surface area contributed by atoms with Gasteiger partial charge in [0.15, 0.2) is 0 Å². The molecule has 0 fully saturated rings. The summed E-state index contributed by atoms with van der Waals surface area (Å²) >= 11 is 0. The van der Waals surface area contributed by atoms with Crippen LogP contribution in [0.3, 0.4) is 0 Å². The summed E-state index contributed by atoms with van der Waals surface area (Å²) in [6.07, 6.45) is 1.26. The Bertz CT molecular complexity index is 1740. The lowest BCUT2D eigenvalue weighted by molar-refractivity contribution is -0.140. The van der Waals surface area contributed by atoms with E-state index in [1.165, 1.54) is 11.4 Å². The molecule has 0 bridgehead atoms. The highest BCUT2D eigenvalue weighted by molar-refractivity contribution is 7.89. The van der Waals surface area contributed by atoms with E-state index in [0.29, 0.717) is 35.8 Å². The van der Waals surface area contributed by atoms with Crippen LogP contribution < -0.4 is 9.47 Å². The molecule has 52 heavy (non-hydrogen) atoms. The van der Waals surface area contributed by atoms with Crippen LogP contribution >= 0.6 is 0 Å². The number of hydrogen-bond acceptors (Lipinski definition) is 9. The number of sulfonamides is 1. The number of hydrogen-bond donors (Lipinski definition) is 0. The predicted molar refractivity (Wildman–Crippen MR) is 209 cm³/mol. The van der Waals surface area contributed by atoms with E-state index in [1.54, 1.807) is 24.3 Å². The number of nitriles is 1. The first kappa shape index (κ1) is 41.2. The molecule has 13 heteroatoms. The Morgan fingerprint density at radius 1 is 0.885 bits per heavy atom. The fourth-order valence-corrected chi connectivity index (χ4v) is 8.73. The highest BCUT2D eigenvalue weighted by Crippen LogP contribution is 2.41. The summed E-state index contributed by atoms with van der Waals surface area (Å²) in [5.41, 5.74) is 3.38. The van der Waals surface area contributed by atoms with Gasteiger partial charge in [-0.15, -0.1) is 0 Å². The highest BCUT2D eigenvalue weighted by atomic mass is 32.2. The number of methoxy groups -OCH3 is 1. The Hall–Kier alpha value is -3.52. The van der Waals surface area contributed by atoms with Crippen molar-refractivity contribution in [2.45, 2.75) is 82.7 Å². The fourth-order valence-electron chi connectivity index (χ4n) is 5.71. The van der Waals surface area contributed by atoms with Crippen molar-refractivity contribution in [3.63, 3.8) is 0 Å². The van der Waals surface area contributed by atoms with E-state index in [9.17, 15) is 13.2 Å². The predicted octanol–water partition coefficient (Wildman–Crippen LogP) is 8.32. The van der Waals surface area contributed by atoms with Crippen molar-refractivity contribution in [2.75, 3.05) is 39.5 Å². The van der Waals surface area contributed by atoms with Crippen LogP contribution in [0.4, 0.5) is 0 Å². The second-order valence-electron chi connectivity index (χ2n) is 15.7. The monoisotopic (exact) mass is 766 g/mol. The largest absolute Gasteiger partial charge is 0.486 e. The first-order chi connectivity index (χ1) is 24.6. The number of carbonyl (C=O) groups is 1. The SMILES string of the molecule is COC(=O)CC(CS(=O)(=O)N(COCC[Si](C)(C)C)COCC[Si](C)(C)C)c1ccc(O[C@@H]2CCc3c(Oc4ccc(C#N)cc4)cccc32)cc1. The smallest absolute Gasteiger partial charge is 0.306 e. The summed E-state index contributed by atoms with van der Waals surface area (Å²) < 4.78 is 58.5. The molecular weight excluding hydrogens is 713 g/mol. The lowest BCUT2D eigenvalue weighted by Crippen LogP contribution is -2.39. The number of nitrogens with zero attached hydrogens (tertiary/aromatic N) is 2. The molecule has 3 aromatic rings. The van der Waals surface area contributed by atoms with Crippen LogP contribution in [-0.4, -0.2) is 74.4 Å². The van der Waals surface area contributed by atoms with Gasteiger partial charge in [-0.3, -0.25) is 4.79 Å². The highest BCUT2D eigenvalue weighted by Gasteiger charge is 2.31. The van der Waals surface area contributed by atoms with Gasteiger partial charge >= 0.3 is 5.97 Å². The molecule has 0 saturated heterocycles. The van der Waals surface area contributed by atoms with Gasteiger partial charge in [-0.1, -0.05) is 63.5 Å². The van der Waals surface area contributed by atoms with Crippen molar-refractivity contribution < 1.29 is 36.9 Å². The molecule has 282 valence electrons. The maximum absolute atomic E-state index is 13.9. The first-order valence-corrected chi connectivity index (χ1v) is 26.9. The molecule has 0 aromatic heterocycles. The summed E-state index contributed by atoms with van der Waals surface area (Å²) in [6, 6.07) is 24.2. The average Bonchev–Trinajstić information content (AvgIpc) is 3.50. The zero-order valence-electron chi connectivity index (χ0n) is 31.6. The van der Waals surface area contributed by atoms with Gasteiger partial charge in [0.1, 0.15) is 36.8 Å². The quantitative estimate of drug-likeness (QED) is 0.0483. The zero-order chi connectivity index (χ0) is 37.9. The minimum absolute atomic E-state index is 0.102. The Kier molecular flexibility index (Phi) is 14.7. The molecule has 0 aliphatic heterocycles. The number of esters is 1. The van der Waals surface area contributed by atoms with Gasteiger partial charge < -0.3 is 23.7 Å². The van der Waals surface area contributed by atoms with E-state index in [1.807, 2.05) is 42.5 Å². The maximum Gasteiger partial charge on any atom is 0.306 e. The van der Waals surface area contributed by atoms with Gasteiger partial charge in [0.2, 0.25) is 10.0 Å². The number of benzene rings is 3. The molecule has 10 nitrogen and oxygen atoms in total. The second-order valence-corrected chi connectivity index (χ2v) is 28.9. The van der Waals surface area contributed by atoms with Crippen LogP contribution in [0.15, 0.2) is 66.7 Å². The number of carbonyl (C=O) groups excluding carboxylic acids is 1. The van der Waals surface area contributed by atoms with Crippen molar-refractivity contribution in [3.05, 3.63) is 89.0 Å². The Labute approximate surface area is 312 Å². The molecule has 0 radical (unpaired) electrons. The van der Waals surface area contributed by atoms with E-state index in [4.69, 9.17) is 28.9 Å². The first-order valence-electron chi connectivity index (χ1n) is 17.8. The van der Waals surface area contributed by atoms with E-state index in [0.717, 1.165) is 41.8 Å². The molecular formula is C39H54N2O8SSi2. The van der Waals surface area contributed by atoms with Gasteiger partial charge in [0, 0.05) is 40.8 Å². The summed E-state index contributed by atoms with van der Waals surface area (Å²) in [5, 5.41) is 9.10. The molecule has 1 unspecified atom stereocenters. The van der Waals surface area contributed by atoms with E-state index >= 15 is 0 Å². The third-order valence-electron chi connectivity index (χ3n) is 8.92. The second kappa shape index (κ2) is 18.5. The Morgan fingerprint density at radius 3 is 2.04 bits per heavy atom. The van der Waals surface area contributed by atoms with Crippen LogP contribution in [0.1, 0.15) is 47.1 Å². The molecule has 0 N–H and O–H groups in total. The number of ether oxygens (including phenoxy) is 5. The van der Waals surface area contributed by atoms with Gasteiger partial charge in [0.05, 0.1) is 30.9 Å². The summed E-state index contributed by atoms with van der Waals surface area (Å²) in [7, 11) is -5.34. The van der Waals surface area contributed by atoms with Crippen molar-refractivity contribution >= 4 is 32.1 Å². The van der Waals surface area contributed by atoms with Crippen LogP contribution in [0.2, 0.25) is 51.4 Å². The topological polar surface area (TPSA) is 124 Å². The zero-order valence-corrected chi connectivity index (χ0v) is 34.5. The third-order valence-corrected chi connectivity index (χ3v) is 14.2. The molecule has 0 spiro atoms. The summed E-state index contributed by atoms with van der Waals surface area (Å²) in [6.45, 7) is 14.2. The van der Waals surface area contributed by atoms with Crippen LogP contribution in [0.25, 0.3) is 0 Å². The van der Waals surface area contributed by atoms with Gasteiger partial charge in [0.25, 0.3) is 0 Å². The van der Waals surface area contributed by atoms with Crippen molar-refractivity contribution in [1.82, 2.24) is 4.31 Å². The van der Waals surface area contributed by atoms with Gasteiger partial charge in [-0.05, 0) is 78.5 Å². The van der Waals surface area contributed by atoms with E-state index in [-0.39, 0.29) is 31.7 Å². The van der Waals surface area contributed by atoms with Crippen LogP contribution in [0.5, 0.6) is 17.2 Å². The molecule has 0 saturated carbocycles.